The van der Waals surface area contributed by atoms with Crippen molar-refractivity contribution in [2.45, 2.75) is 64.7 Å². The fraction of sp³-hybridized carbons (Fsp3) is 0.688. The quantitative estimate of drug-likeness (QED) is 0.433. The lowest BCUT2D eigenvalue weighted by molar-refractivity contribution is -0.144. The second-order valence-corrected chi connectivity index (χ2v) is 6.41. The average molecular weight is 370 g/mol. The van der Waals surface area contributed by atoms with E-state index in [1.54, 1.807) is 0 Å². The molecule has 0 radical (unpaired) electrons. The number of carboxylic acids is 1. The molecule has 10 nitrogen and oxygen atoms in total. The zero-order chi connectivity index (χ0) is 20.0. The highest BCUT2D eigenvalue weighted by Crippen LogP contribution is 2.18. The van der Waals surface area contributed by atoms with Crippen LogP contribution in [0.3, 0.4) is 0 Å². The molecule has 0 saturated carbocycles. The van der Waals surface area contributed by atoms with Crippen LogP contribution in [0.15, 0.2) is 0 Å². The Balaban J connectivity index is 2.69. The third-order valence-electron chi connectivity index (χ3n) is 4.11. The third-order valence-corrected chi connectivity index (χ3v) is 4.11. The van der Waals surface area contributed by atoms with Gasteiger partial charge >= 0.3 is 5.97 Å². The largest absolute Gasteiger partial charge is 0.480 e. The normalized spacial score (nSPS) is 19.8. The molecule has 1 fully saturated rings. The van der Waals surface area contributed by atoms with Gasteiger partial charge < -0.3 is 26.0 Å². The molecule has 0 aliphatic carbocycles. The van der Waals surface area contributed by atoms with Crippen LogP contribution in [-0.2, 0) is 24.0 Å². The zero-order valence-corrected chi connectivity index (χ0v) is 15.4. The Morgan fingerprint density at radius 1 is 0.962 bits per heavy atom. The lowest BCUT2D eigenvalue weighted by atomic mass is 10.1. The Kier molecular flexibility index (Phi) is 7.54. The van der Waals surface area contributed by atoms with Crippen molar-refractivity contribution in [1.29, 1.82) is 0 Å². The van der Waals surface area contributed by atoms with Gasteiger partial charge in [-0.05, 0) is 33.6 Å². The molecule has 0 aromatic rings. The minimum Gasteiger partial charge on any atom is -0.480 e. The molecule has 10 heteroatoms. The zero-order valence-electron chi connectivity index (χ0n) is 15.4. The average Bonchev–Trinajstić information content (AvgIpc) is 3.02. The minimum atomic E-state index is -1.16. The first-order chi connectivity index (χ1) is 12.0. The summed E-state index contributed by atoms with van der Waals surface area (Å²) in [5.74, 6) is -3.01. The Hall–Kier alpha value is -2.65. The molecule has 0 unspecified atom stereocenters. The van der Waals surface area contributed by atoms with Crippen LogP contribution in [0.4, 0.5) is 0 Å². The predicted octanol–water partition coefficient (Wildman–Crippen LogP) is -1.40. The fourth-order valence-corrected chi connectivity index (χ4v) is 2.69. The molecule has 0 spiro atoms. The fourth-order valence-electron chi connectivity index (χ4n) is 2.69. The second kappa shape index (κ2) is 9.16. The van der Waals surface area contributed by atoms with E-state index in [4.69, 9.17) is 5.11 Å². The van der Waals surface area contributed by atoms with Crippen molar-refractivity contribution in [2.75, 3.05) is 6.54 Å². The predicted molar refractivity (Wildman–Crippen MR) is 90.9 cm³/mol. The summed E-state index contributed by atoms with van der Waals surface area (Å²) in [7, 11) is 0. The number of carboxylic acid groups (broad SMARTS) is 1. The van der Waals surface area contributed by atoms with Gasteiger partial charge in [0.2, 0.25) is 23.6 Å². The van der Waals surface area contributed by atoms with Crippen molar-refractivity contribution in [3.63, 3.8) is 0 Å². The first-order valence-electron chi connectivity index (χ1n) is 8.45. The van der Waals surface area contributed by atoms with E-state index in [1.807, 2.05) is 0 Å². The molecule has 1 saturated heterocycles. The molecule has 4 N–H and O–H groups in total. The third kappa shape index (κ3) is 5.71. The number of carbonyl (C=O) groups is 5. The van der Waals surface area contributed by atoms with Crippen molar-refractivity contribution in [2.24, 2.45) is 0 Å². The summed E-state index contributed by atoms with van der Waals surface area (Å²) < 4.78 is 0. The molecule has 4 atom stereocenters. The summed E-state index contributed by atoms with van der Waals surface area (Å²) in [6, 6.07) is -3.51. The Morgan fingerprint density at radius 2 is 1.58 bits per heavy atom. The van der Waals surface area contributed by atoms with Gasteiger partial charge in [-0.15, -0.1) is 0 Å². The molecule has 1 aliphatic rings. The maximum Gasteiger partial charge on any atom is 0.325 e. The van der Waals surface area contributed by atoms with E-state index in [1.165, 1.54) is 32.6 Å². The molecule has 0 bridgehead atoms. The van der Waals surface area contributed by atoms with Crippen LogP contribution >= 0.6 is 0 Å². The van der Waals surface area contributed by atoms with Gasteiger partial charge in [0, 0.05) is 13.5 Å². The number of aliphatic carboxylic acids is 1. The molecule has 4 amide bonds. The first-order valence-corrected chi connectivity index (χ1v) is 8.45. The number of rotatable bonds is 7. The van der Waals surface area contributed by atoms with Crippen LogP contribution in [0.2, 0.25) is 0 Å². The number of nitrogens with zero attached hydrogens (tertiary/aromatic N) is 1. The maximum absolute atomic E-state index is 12.6. The highest BCUT2D eigenvalue weighted by atomic mass is 16.4. The van der Waals surface area contributed by atoms with Gasteiger partial charge in [0.25, 0.3) is 0 Å². The van der Waals surface area contributed by atoms with E-state index in [-0.39, 0.29) is 5.91 Å². The van der Waals surface area contributed by atoms with Gasteiger partial charge in [0.05, 0.1) is 0 Å². The van der Waals surface area contributed by atoms with Crippen molar-refractivity contribution in [3.05, 3.63) is 0 Å². The molecular formula is C16H26N4O6. The van der Waals surface area contributed by atoms with Crippen LogP contribution in [-0.4, -0.2) is 70.3 Å². The van der Waals surface area contributed by atoms with Crippen molar-refractivity contribution in [3.8, 4) is 0 Å². The van der Waals surface area contributed by atoms with E-state index < -0.39 is 47.9 Å². The molecule has 146 valence electrons. The Morgan fingerprint density at radius 3 is 2.12 bits per heavy atom. The molecule has 1 aliphatic heterocycles. The molecule has 0 aromatic heterocycles. The minimum absolute atomic E-state index is 0.347. The van der Waals surface area contributed by atoms with E-state index in [0.717, 1.165) is 0 Å². The van der Waals surface area contributed by atoms with E-state index in [0.29, 0.717) is 19.4 Å². The smallest absolute Gasteiger partial charge is 0.325 e. The Labute approximate surface area is 151 Å². The second-order valence-electron chi connectivity index (χ2n) is 6.41. The number of carbonyl (C=O) groups excluding carboxylic acids is 4. The lowest BCUT2D eigenvalue weighted by Gasteiger charge is -2.28. The number of nitrogens with one attached hydrogen (secondary N) is 3. The van der Waals surface area contributed by atoms with Gasteiger partial charge in [0.1, 0.15) is 24.2 Å². The first kappa shape index (κ1) is 21.4. The van der Waals surface area contributed by atoms with E-state index in [9.17, 15) is 24.0 Å². The number of hydrogen-bond donors (Lipinski definition) is 4. The number of amides is 4. The van der Waals surface area contributed by atoms with Crippen LogP contribution in [0.25, 0.3) is 0 Å². The SMILES string of the molecule is CC(=O)N[C@@H](C)C(=O)N[C@@H](C)C(=O)N1CCC[C@H]1C(=O)N[C@@H](C)C(=O)O. The summed E-state index contributed by atoms with van der Waals surface area (Å²) in [4.78, 5) is 60.0. The number of likely N-dealkylation sites (tertiary alicyclic amines) is 1. The van der Waals surface area contributed by atoms with Crippen LogP contribution in [0.5, 0.6) is 0 Å². The van der Waals surface area contributed by atoms with Gasteiger partial charge in [-0.1, -0.05) is 0 Å². The highest BCUT2D eigenvalue weighted by Gasteiger charge is 2.37. The molecule has 0 aromatic carbocycles. The van der Waals surface area contributed by atoms with Crippen LogP contribution < -0.4 is 16.0 Å². The van der Waals surface area contributed by atoms with Crippen LogP contribution in [0.1, 0.15) is 40.5 Å². The Bertz CT molecular complexity index is 593. The standard InChI is InChI=1S/C16H26N4O6/c1-8(17-11(4)21)13(22)18-9(2)15(24)20-7-5-6-12(20)14(23)19-10(3)16(25)26/h8-10,12H,5-7H2,1-4H3,(H,17,21)(H,18,22)(H,19,23)(H,25,26)/t8-,9-,10-,12-/m0/s1. The van der Waals surface area contributed by atoms with Gasteiger partial charge in [-0.25, -0.2) is 0 Å². The summed E-state index contributed by atoms with van der Waals surface area (Å²) in [5.41, 5.74) is 0. The highest BCUT2D eigenvalue weighted by molar-refractivity contribution is 5.94. The summed E-state index contributed by atoms with van der Waals surface area (Å²) >= 11 is 0. The lowest BCUT2D eigenvalue weighted by Crippen LogP contribution is -2.56. The van der Waals surface area contributed by atoms with Crippen molar-refractivity contribution >= 4 is 29.6 Å². The topological polar surface area (TPSA) is 145 Å². The molecule has 1 rings (SSSR count). The summed E-state index contributed by atoms with van der Waals surface area (Å²) in [6.07, 6.45) is 1.03. The molecule has 26 heavy (non-hydrogen) atoms. The van der Waals surface area contributed by atoms with E-state index >= 15 is 0 Å². The maximum atomic E-state index is 12.6. The van der Waals surface area contributed by atoms with Crippen molar-refractivity contribution in [1.82, 2.24) is 20.9 Å². The summed E-state index contributed by atoms with van der Waals surface area (Å²) in [5, 5.41) is 16.2. The number of hydrogen-bond acceptors (Lipinski definition) is 5. The van der Waals surface area contributed by atoms with Gasteiger partial charge in [-0.2, -0.15) is 0 Å². The summed E-state index contributed by atoms with van der Waals surface area (Å²) in [6.45, 7) is 5.96. The van der Waals surface area contributed by atoms with Crippen molar-refractivity contribution < 1.29 is 29.1 Å². The van der Waals surface area contributed by atoms with E-state index in [2.05, 4.69) is 16.0 Å². The van der Waals surface area contributed by atoms with Crippen LogP contribution in [0, 0.1) is 0 Å². The van der Waals surface area contributed by atoms with Gasteiger partial charge in [-0.3, -0.25) is 24.0 Å². The molecular weight excluding hydrogens is 344 g/mol. The monoisotopic (exact) mass is 370 g/mol. The molecule has 1 heterocycles. The van der Waals surface area contributed by atoms with Gasteiger partial charge in [0.15, 0.2) is 0 Å².